The summed E-state index contributed by atoms with van der Waals surface area (Å²) in [6.07, 6.45) is 1.65. The van der Waals surface area contributed by atoms with Gasteiger partial charge in [0.2, 0.25) is 0 Å². The fourth-order valence-corrected chi connectivity index (χ4v) is 4.42. The Bertz CT molecular complexity index is 988. The molecule has 1 aliphatic heterocycles. The van der Waals surface area contributed by atoms with Crippen molar-refractivity contribution >= 4 is 5.97 Å². The molecule has 0 saturated carbocycles. The highest BCUT2D eigenvalue weighted by molar-refractivity contribution is 5.82. The van der Waals surface area contributed by atoms with Gasteiger partial charge in [-0.2, -0.15) is 0 Å². The third kappa shape index (κ3) is 4.70. The minimum absolute atomic E-state index is 0.509. The van der Waals surface area contributed by atoms with Crippen molar-refractivity contribution in [3.63, 3.8) is 0 Å². The highest BCUT2D eigenvalue weighted by atomic mass is 16.5. The molecule has 1 aliphatic rings. The average molecular weight is 440 g/mol. The second-order valence-electron chi connectivity index (χ2n) is 9.32. The van der Waals surface area contributed by atoms with Crippen LogP contribution in [0.2, 0.25) is 0 Å². The van der Waals surface area contributed by atoms with Gasteiger partial charge in [0.25, 0.3) is 0 Å². The average Bonchev–Trinajstić information content (AvgIpc) is 2.78. The Balaban J connectivity index is 2.32. The number of hydrogen-bond acceptors (Lipinski definition) is 5. The third-order valence-electron chi connectivity index (χ3n) is 6.12. The van der Waals surface area contributed by atoms with E-state index in [2.05, 4.69) is 5.18 Å². The molecule has 0 aromatic heterocycles. The van der Waals surface area contributed by atoms with E-state index in [1.165, 1.54) is 0 Å². The SMILES string of the molecule is CCC(CC)(N=O)c1cccc(C(OC(C)(C)C)C(=O)O)c1-c1ccc2c(c1)CCCO2. The predicted molar refractivity (Wildman–Crippen MR) is 125 cm³/mol. The summed E-state index contributed by atoms with van der Waals surface area (Å²) in [5.74, 6) is -0.220. The normalized spacial score (nSPS) is 14.9. The molecule has 1 heterocycles. The van der Waals surface area contributed by atoms with Crippen LogP contribution in [0.4, 0.5) is 0 Å². The smallest absolute Gasteiger partial charge is 0.337 e. The number of rotatable bonds is 8. The number of aliphatic carboxylic acids is 1. The molecule has 2 aromatic carbocycles. The van der Waals surface area contributed by atoms with E-state index in [1.54, 1.807) is 12.1 Å². The molecule has 0 aliphatic carbocycles. The first kappa shape index (κ1) is 23.9. The van der Waals surface area contributed by atoms with E-state index in [0.29, 0.717) is 30.6 Å². The van der Waals surface area contributed by atoms with Crippen molar-refractivity contribution in [2.45, 2.75) is 77.5 Å². The van der Waals surface area contributed by atoms with Crippen LogP contribution in [0.15, 0.2) is 41.6 Å². The number of ether oxygens (including phenoxy) is 2. The van der Waals surface area contributed by atoms with Crippen molar-refractivity contribution < 1.29 is 19.4 Å². The van der Waals surface area contributed by atoms with Gasteiger partial charge in [-0.15, -0.1) is 4.91 Å². The number of hydrogen-bond donors (Lipinski definition) is 1. The van der Waals surface area contributed by atoms with Crippen molar-refractivity contribution in [3.05, 3.63) is 58.0 Å². The highest BCUT2D eigenvalue weighted by Gasteiger charge is 2.37. The second-order valence-corrected chi connectivity index (χ2v) is 9.32. The molecule has 0 spiro atoms. The monoisotopic (exact) mass is 439 g/mol. The molecule has 1 atom stereocenters. The van der Waals surface area contributed by atoms with Crippen molar-refractivity contribution in [1.29, 1.82) is 0 Å². The maximum atomic E-state index is 12.3. The van der Waals surface area contributed by atoms with Crippen LogP contribution in [0, 0.1) is 4.91 Å². The zero-order valence-corrected chi connectivity index (χ0v) is 19.6. The van der Waals surface area contributed by atoms with Crippen LogP contribution in [0.5, 0.6) is 5.75 Å². The van der Waals surface area contributed by atoms with Gasteiger partial charge >= 0.3 is 5.97 Å². The summed E-state index contributed by atoms with van der Waals surface area (Å²) in [7, 11) is 0. The first-order valence-electron chi connectivity index (χ1n) is 11.3. The molecule has 0 bridgehead atoms. The van der Waals surface area contributed by atoms with Gasteiger partial charge in [0.1, 0.15) is 11.3 Å². The largest absolute Gasteiger partial charge is 0.493 e. The van der Waals surface area contributed by atoms with Crippen LogP contribution in [-0.4, -0.2) is 23.3 Å². The molecule has 0 amide bonds. The lowest BCUT2D eigenvalue weighted by molar-refractivity contribution is -0.160. The summed E-state index contributed by atoms with van der Waals surface area (Å²) in [5.41, 5.74) is 2.26. The number of aryl methyl sites for hydroxylation is 1. The molecule has 6 heteroatoms. The van der Waals surface area contributed by atoms with Gasteiger partial charge in [0.05, 0.1) is 12.2 Å². The van der Waals surface area contributed by atoms with Crippen LogP contribution < -0.4 is 4.74 Å². The van der Waals surface area contributed by atoms with Gasteiger partial charge in [-0.05, 0) is 80.8 Å². The van der Waals surface area contributed by atoms with Crippen molar-refractivity contribution in [2.75, 3.05) is 6.61 Å². The van der Waals surface area contributed by atoms with Crippen LogP contribution in [0.25, 0.3) is 11.1 Å². The summed E-state index contributed by atoms with van der Waals surface area (Å²) >= 11 is 0. The lowest BCUT2D eigenvalue weighted by Gasteiger charge is -2.31. The first-order valence-corrected chi connectivity index (χ1v) is 11.3. The Kier molecular flexibility index (Phi) is 7.03. The summed E-state index contributed by atoms with van der Waals surface area (Å²) in [6, 6.07) is 11.4. The van der Waals surface area contributed by atoms with E-state index < -0.39 is 23.2 Å². The number of carboxylic acids is 1. The Morgan fingerprint density at radius 2 is 1.91 bits per heavy atom. The van der Waals surface area contributed by atoms with Crippen molar-refractivity contribution in [3.8, 4) is 16.9 Å². The van der Waals surface area contributed by atoms with Gasteiger partial charge in [0.15, 0.2) is 6.10 Å². The molecule has 3 rings (SSSR count). The molecule has 172 valence electrons. The van der Waals surface area contributed by atoms with Crippen molar-refractivity contribution in [2.24, 2.45) is 5.18 Å². The van der Waals surface area contributed by atoms with E-state index in [4.69, 9.17) is 9.47 Å². The Labute approximate surface area is 189 Å². The zero-order valence-electron chi connectivity index (χ0n) is 19.6. The van der Waals surface area contributed by atoms with Gasteiger partial charge in [-0.25, -0.2) is 4.79 Å². The molecule has 1 unspecified atom stereocenters. The van der Waals surface area contributed by atoms with E-state index in [-0.39, 0.29) is 0 Å². The maximum Gasteiger partial charge on any atom is 0.337 e. The van der Waals surface area contributed by atoms with Gasteiger partial charge in [-0.3, -0.25) is 0 Å². The molecule has 0 saturated heterocycles. The summed E-state index contributed by atoms with van der Waals surface area (Å²) in [6.45, 7) is 10.1. The minimum atomic E-state index is -1.18. The summed E-state index contributed by atoms with van der Waals surface area (Å²) < 4.78 is 11.8. The molecule has 0 radical (unpaired) electrons. The van der Waals surface area contributed by atoms with Gasteiger partial charge < -0.3 is 14.6 Å². The number of carboxylic acid groups (broad SMARTS) is 1. The van der Waals surface area contributed by atoms with E-state index in [9.17, 15) is 14.8 Å². The quantitative estimate of drug-likeness (QED) is 0.481. The Hall–Kier alpha value is -2.73. The van der Waals surface area contributed by atoms with Crippen LogP contribution in [0.1, 0.15) is 76.7 Å². The lowest BCUT2D eigenvalue weighted by Crippen LogP contribution is -2.29. The number of nitrogens with zero attached hydrogens (tertiary/aromatic N) is 1. The number of benzene rings is 2. The van der Waals surface area contributed by atoms with Crippen LogP contribution in [0.3, 0.4) is 0 Å². The third-order valence-corrected chi connectivity index (χ3v) is 6.12. The molecular formula is C26H33NO5. The zero-order chi connectivity index (χ0) is 23.5. The summed E-state index contributed by atoms with van der Waals surface area (Å²) in [5, 5.41) is 13.6. The Morgan fingerprint density at radius 3 is 2.50 bits per heavy atom. The number of fused-ring (bicyclic) bond motifs is 1. The van der Waals surface area contributed by atoms with Crippen LogP contribution in [-0.2, 0) is 21.5 Å². The standard InChI is InChI=1S/C26H33NO5/c1-6-26(7-2,27-30)20-12-8-11-19(23(24(28)29)32-25(3,4)5)22(20)18-13-14-21-17(16-18)10-9-15-31-21/h8,11-14,16,23H,6-7,9-10,15H2,1-5H3,(H,28,29). The van der Waals surface area contributed by atoms with Crippen LogP contribution >= 0.6 is 0 Å². The highest BCUT2D eigenvalue weighted by Crippen LogP contribution is 2.44. The van der Waals surface area contributed by atoms with E-state index in [1.807, 2.05) is 58.9 Å². The molecule has 0 fully saturated rings. The van der Waals surface area contributed by atoms with Gasteiger partial charge in [0, 0.05) is 5.56 Å². The Morgan fingerprint density at radius 1 is 1.19 bits per heavy atom. The number of nitroso groups, excluding NO2 is 1. The molecule has 2 aromatic rings. The lowest BCUT2D eigenvalue weighted by atomic mass is 9.78. The molecule has 1 N–H and O–H groups in total. The molecular weight excluding hydrogens is 406 g/mol. The van der Waals surface area contributed by atoms with Crippen molar-refractivity contribution in [1.82, 2.24) is 0 Å². The topological polar surface area (TPSA) is 85.2 Å². The minimum Gasteiger partial charge on any atom is -0.493 e. The van der Waals surface area contributed by atoms with E-state index in [0.717, 1.165) is 35.3 Å². The maximum absolute atomic E-state index is 12.3. The molecule has 6 nitrogen and oxygen atoms in total. The predicted octanol–water partition coefficient (Wildman–Crippen LogP) is 6.40. The second kappa shape index (κ2) is 9.41. The molecule has 32 heavy (non-hydrogen) atoms. The summed E-state index contributed by atoms with van der Waals surface area (Å²) in [4.78, 5) is 24.5. The number of carbonyl (C=O) groups is 1. The van der Waals surface area contributed by atoms with Gasteiger partial charge in [-0.1, -0.05) is 43.3 Å². The fourth-order valence-electron chi connectivity index (χ4n) is 4.42. The first-order chi connectivity index (χ1) is 15.2. The van der Waals surface area contributed by atoms with E-state index >= 15 is 0 Å². The fraction of sp³-hybridized carbons (Fsp3) is 0.500.